The van der Waals surface area contributed by atoms with Crippen LogP contribution in [0, 0.1) is 28.8 Å². The number of amides is 2. The minimum atomic E-state index is -2.02. The van der Waals surface area contributed by atoms with Gasteiger partial charge >= 0.3 is 18.1 Å². The Morgan fingerprint density at radius 2 is 1.90 bits per heavy atom. The molecule has 4 aromatic heterocycles. The van der Waals surface area contributed by atoms with E-state index < -0.39 is 64.3 Å². The molecular formula is C55H47ClF4N10O8S2. The molecule has 12 rings (SSSR count). The summed E-state index contributed by atoms with van der Waals surface area (Å²) in [5.74, 6) is -3.59. The number of pyridine rings is 2. The van der Waals surface area contributed by atoms with Crippen molar-refractivity contribution >= 4 is 101 Å². The third-order valence-corrected chi connectivity index (χ3v) is 18.0. The molecule has 0 aliphatic carbocycles. The Hall–Kier alpha value is -7.56. The van der Waals surface area contributed by atoms with Crippen molar-refractivity contribution in [2.24, 2.45) is 0 Å². The number of ether oxygens (including phenoxy) is 2. The number of aliphatic hydroxyl groups is 1. The number of halogens is 5. The molecule has 25 heteroatoms. The lowest BCUT2D eigenvalue weighted by Gasteiger charge is -2.41. The molecule has 80 heavy (non-hydrogen) atoms. The molecule has 4 atom stereocenters. The molecule has 412 valence electrons. The van der Waals surface area contributed by atoms with E-state index in [-0.39, 0.29) is 146 Å². The first-order valence-corrected chi connectivity index (χ1v) is 27.5. The van der Waals surface area contributed by atoms with E-state index in [0.717, 1.165) is 34.8 Å². The zero-order valence-corrected chi connectivity index (χ0v) is 45.4. The molecule has 3 saturated heterocycles. The maximum absolute atomic E-state index is 17.4. The summed E-state index contributed by atoms with van der Waals surface area (Å²) in [7, 11) is 1.29. The summed E-state index contributed by atoms with van der Waals surface area (Å²) in [4.78, 5) is 73.9. The van der Waals surface area contributed by atoms with Crippen LogP contribution < -0.4 is 25.8 Å². The monoisotopic (exact) mass is 1150 g/mol. The number of hydrogen-bond donors (Lipinski definition) is 2. The van der Waals surface area contributed by atoms with Crippen molar-refractivity contribution < 1.29 is 50.7 Å². The number of aromatic nitrogens is 4. The van der Waals surface area contributed by atoms with Gasteiger partial charge in [-0.2, -0.15) is 15.2 Å². The van der Waals surface area contributed by atoms with Gasteiger partial charge in [0.05, 0.1) is 55.5 Å². The first-order chi connectivity index (χ1) is 38.2. The van der Waals surface area contributed by atoms with Crippen molar-refractivity contribution in [3.8, 4) is 34.6 Å². The van der Waals surface area contributed by atoms with Crippen LogP contribution in [0.1, 0.15) is 61.8 Å². The summed E-state index contributed by atoms with van der Waals surface area (Å²) >= 11 is 8.22. The fourth-order valence-electron chi connectivity index (χ4n) is 12.0. The smallest absolute Gasteiger partial charge is 0.426 e. The fraction of sp³-hybridized carbons (Fsp3) is 0.345. The third-order valence-electron chi connectivity index (χ3n) is 16.1. The maximum atomic E-state index is 17.4. The van der Waals surface area contributed by atoms with Crippen LogP contribution in [0.3, 0.4) is 0 Å². The number of anilines is 3. The highest BCUT2D eigenvalue weighted by molar-refractivity contribution is 7.99. The number of alkyl halides is 1. The number of nitriles is 1. The van der Waals surface area contributed by atoms with Crippen LogP contribution in [-0.4, -0.2) is 117 Å². The van der Waals surface area contributed by atoms with Crippen LogP contribution in [0.25, 0.3) is 54.4 Å². The summed E-state index contributed by atoms with van der Waals surface area (Å²) in [6.45, 7) is 8.40. The van der Waals surface area contributed by atoms with Gasteiger partial charge in [0.2, 0.25) is 0 Å². The number of carbonyl (C=O) groups is 3. The Bertz CT molecular complexity index is 4010. The summed E-state index contributed by atoms with van der Waals surface area (Å²) in [5, 5.41) is 21.9. The van der Waals surface area contributed by atoms with Gasteiger partial charge in [0.1, 0.15) is 70.4 Å². The number of carbonyl (C=O) groups excluding carboxylic acids is 3. The Kier molecular flexibility index (Phi) is 13.0. The Morgan fingerprint density at radius 3 is 2.66 bits per heavy atom. The SMILES string of the molecule is C=C(SOC(=O)N(C)c1cc2cc3c(nc2cc1F)-c1cc2c(c(=O)n1C3)COC(=O)[C@]2(O)CC)C(=O)N1CCN(c2nc(OC[C@@]34CCCN3C[C@H](F)C4)nc3c(F)c(-c4ccc(F)c5sc(N)c(C#N)c45)c(Cl)cc23)[C@@H](C)C1. The van der Waals surface area contributed by atoms with Gasteiger partial charge < -0.3 is 38.9 Å². The molecule has 3 fully saturated rings. The highest BCUT2D eigenvalue weighted by atomic mass is 35.5. The number of nitrogens with zero attached hydrogens (tertiary/aromatic N) is 9. The average Bonchev–Trinajstić information content (AvgIpc) is 4.35. The van der Waals surface area contributed by atoms with E-state index in [1.54, 1.807) is 19.1 Å². The zero-order valence-electron chi connectivity index (χ0n) is 43.0. The number of fused-ring (bicyclic) bond motifs is 8. The van der Waals surface area contributed by atoms with Crippen molar-refractivity contribution in [1.82, 2.24) is 29.3 Å². The van der Waals surface area contributed by atoms with E-state index in [1.165, 1.54) is 34.7 Å². The summed E-state index contributed by atoms with van der Waals surface area (Å²) < 4.78 is 81.7. The molecule has 9 heterocycles. The first kappa shape index (κ1) is 53.1. The number of rotatable bonds is 10. The zero-order chi connectivity index (χ0) is 56.4. The lowest BCUT2D eigenvalue weighted by Crippen LogP contribution is -2.54. The highest BCUT2D eigenvalue weighted by Gasteiger charge is 2.50. The van der Waals surface area contributed by atoms with Crippen LogP contribution in [0.5, 0.6) is 6.01 Å². The largest absolute Gasteiger partial charge is 0.461 e. The molecule has 3 N–H and O–H groups in total. The van der Waals surface area contributed by atoms with Crippen molar-refractivity contribution in [3.63, 3.8) is 0 Å². The Labute approximate surface area is 466 Å². The second kappa shape index (κ2) is 19.6. The quantitative estimate of drug-likeness (QED) is 0.0565. The van der Waals surface area contributed by atoms with E-state index in [9.17, 15) is 33.9 Å². The Balaban J connectivity index is 0.765. The van der Waals surface area contributed by atoms with E-state index in [2.05, 4.69) is 21.4 Å². The molecular weight excluding hydrogens is 1100 g/mol. The number of nitrogens with two attached hydrogens (primary N) is 1. The number of hydrogen-bond acceptors (Lipinski definition) is 17. The number of thiophene rings is 1. The van der Waals surface area contributed by atoms with Crippen LogP contribution in [0.2, 0.25) is 5.02 Å². The second-order valence-electron chi connectivity index (χ2n) is 20.7. The molecule has 0 radical (unpaired) electrons. The standard InChI is InChI=1S/C55H47ClF4N10O8S2/c1-5-55(75)34-16-40-44-28(21-70(40)50(72)33(34)23-76-51(55)73)13-27-14-39(37(59)17-38(27)63-44)66(4)53(74)78-80-26(3)49(71)67-11-12-69(25(2)20-67)48-31-15-35(56)42(30-7-8-36(58)46-41(30)32(19-61)47(62)79-46)43(60)45(31)64-52(65-48)77-24-54-9-6-10-68(54)22-29(57)18-54/h7-8,13-17,25,29,75H,3,5-6,9-12,18,20-24,62H2,1-2,4H3/t25-,29+,54-,55-/m0/s1. The average molecular weight is 1150 g/mol. The van der Waals surface area contributed by atoms with Crippen LogP contribution >= 0.6 is 35.0 Å². The number of piperazine rings is 1. The highest BCUT2D eigenvalue weighted by Crippen LogP contribution is 2.47. The molecule has 5 aliphatic heterocycles. The lowest BCUT2D eigenvalue weighted by atomic mass is 9.86. The van der Waals surface area contributed by atoms with Gasteiger partial charge in [0.15, 0.2) is 11.4 Å². The van der Waals surface area contributed by atoms with E-state index in [1.807, 2.05) is 17.9 Å². The predicted octanol–water partition coefficient (Wildman–Crippen LogP) is 8.86. The van der Waals surface area contributed by atoms with Crippen molar-refractivity contribution in [2.75, 3.05) is 61.9 Å². The molecule has 18 nitrogen and oxygen atoms in total. The van der Waals surface area contributed by atoms with Gasteiger partial charge in [-0.3, -0.25) is 19.4 Å². The van der Waals surface area contributed by atoms with Gasteiger partial charge in [0, 0.05) is 84.6 Å². The van der Waals surface area contributed by atoms with Gasteiger partial charge in [-0.15, -0.1) is 11.3 Å². The van der Waals surface area contributed by atoms with E-state index in [0.29, 0.717) is 47.3 Å². The van der Waals surface area contributed by atoms with Crippen molar-refractivity contribution in [3.05, 3.63) is 109 Å². The number of benzene rings is 3. The van der Waals surface area contributed by atoms with Crippen LogP contribution in [-0.2, 0) is 37.3 Å². The maximum Gasteiger partial charge on any atom is 0.426 e. The fourth-order valence-corrected chi connectivity index (χ4v) is 13.7. The molecule has 0 bridgehead atoms. The third kappa shape index (κ3) is 8.37. The molecule has 3 aromatic carbocycles. The molecule has 2 amide bonds. The molecule has 0 unspecified atom stereocenters. The van der Waals surface area contributed by atoms with Crippen molar-refractivity contribution in [2.45, 2.75) is 76.0 Å². The number of esters is 1. The summed E-state index contributed by atoms with van der Waals surface area (Å²) in [5.41, 5.74) is 4.41. The van der Waals surface area contributed by atoms with Gasteiger partial charge in [-0.1, -0.05) is 31.2 Å². The van der Waals surface area contributed by atoms with E-state index in [4.69, 9.17) is 36.0 Å². The van der Waals surface area contributed by atoms with Crippen LogP contribution in [0.4, 0.5) is 38.9 Å². The predicted molar refractivity (Wildman–Crippen MR) is 292 cm³/mol. The molecule has 0 spiro atoms. The summed E-state index contributed by atoms with van der Waals surface area (Å²) in [6, 6.07) is 11.1. The number of nitrogen functional groups attached to an aromatic ring is 1. The molecule has 0 saturated carbocycles. The number of cyclic esters (lactones) is 1. The first-order valence-electron chi connectivity index (χ1n) is 25.5. The molecule has 5 aliphatic rings. The second-order valence-corrected chi connectivity index (χ2v) is 23.0. The van der Waals surface area contributed by atoms with Crippen LogP contribution in [0.15, 0.2) is 58.7 Å². The Morgan fingerprint density at radius 1 is 1.10 bits per heavy atom. The molecule has 7 aromatic rings. The minimum absolute atomic E-state index is 0.0309. The minimum Gasteiger partial charge on any atom is -0.461 e. The topological polar surface area (TPSA) is 223 Å². The normalized spacial score (nSPS) is 21.3. The van der Waals surface area contributed by atoms with Gasteiger partial charge in [-0.25, -0.2) is 32.1 Å². The lowest BCUT2D eigenvalue weighted by molar-refractivity contribution is -0.172. The summed E-state index contributed by atoms with van der Waals surface area (Å²) in [6.07, 6.45) is -0.326. The van der Waals surface area contributed by atoms with Gasteiger partial charge in [0.25, 0.3) is 11.5 Å². The van der Waals surface area contributed by atoms with E-state index >= 15 is 13.2 Å². The van der Waals surface area contributed by atoms with Crippen molar-refractivity contribution in [1.29, 1.82) is 5.26 Å². The van der Waals surface area contributed by atoms with Gasteiger partial charge in [-0.05, 0) is 68.6 Å².